The number of nitrogens with one attached hydrogen (secondary N) is 3. The van der Waals surface area contributed by atoms with Crippen molar-refractivity contribution in [2.24, 2.45) is 0 Å². The molecule has 3 atom stereocenters. The number of hydrogen-bond acceptors (Lipinski definition) is 0. The van der Waals surface area contributed by atoms with Gasteiger partial charge in [-0.05, 0) is 0 Å². The van der Waals surface area contributed by atoms with Crippen LogP contribution in [0.25, 0.3) is 17.2 Å². The van der Waals surface area contributed by atoms with Gasteiger partial charge in [-0.3, -0.25) is 0 Å². The van der Waals surface area contributed by atoms with Crippen molar-refractivity contribution in [3.63, 3.8) is 0 Å². The van der Waals surface area contributed by atoms with Crippen molar-refractivity contribution >= 4 is 13.3 Å². The van der Waals surface area contributed by atoms with Crippen LogP contribution in [-0.2, 0) is 26.2 Å². The second kappa shape index (κ2) is 20.6. The van der Waals surface area contributed by atoms with E-state index >= 15 is 0 Å². The van der Waals surface area contributed by atoms with Crippen molar-refractivity contribution in [3.05, 3.63) is 41.5 Å². The average molecular weight is 445 g/mol. The molecule has 0 saturated carbocycles. The zero-order valence-electron chi connectivity index (χ0n) is 18.2. The van der Waals surface area contributed by atoms with Crippen LogP contribution in [0, 0.1) is 0 Å². The maximum absolute atomic E-state index is 6.83. The Labute approximate surface area is 179 Å². The molecule has 5 heteroatoms. The summed E-state index contributed by atoms with van der Waals surface area (Å²) in [7, 11) is -0.981. The quantitative estimate of drug-likeness (QED) is 0.341. The molecule has 0 saturated heterocycles. The Bertz CT molecular complexity index is 312. The largest absolute Gasteiger partial charge is 4.00 e. The van der Waals surface area contributed by atoms with Gasteiger partial charge in [0, 0.05) is 8.07 Å². The Morgan fingerprint density at radius 2 is 0.920 bits per heavy atom. The minimum Gasteiger partial charge on any atom is -0.675 e. The van der Waals surface area contributed by atoms with E-state index in [0.717, 1.165) is 19.3 Å². The first kappa shape index (κ1) is 33.0. The summed E-state index contributed by atoms with van der Waals surface area (Å²) in [5.41, 5.74) is 20.5. The minimum atomic E-state index is -0.981. The first-order valence-electron chi connectivity index (χ1n) is 9.27. The number of rotatable bonds is 4. The molecule has 0 aliphatic carbocycles. The molecular weight excluding hydrogens is 402 g/mol. The number of hydrogen-bond donors (Lipinski definition) is 0. The predicted molar refractivity (Wildman–Crippen MR) is 117 cm³/mol. The molecule has 0 fully saturated rings. The molecule has 0 amide bonds. The van der Waals surface area contributed by atoms with E-state index < -0.39 is 8.07 Å². The van der Waals surface area contributed by atoms with Crippen molar-refractivity contribution in [1.82, 2.24) is 0 Å². The molecule has 0 radical (unpaired) electrons. The van der Waals surface area contributed by atoms with Gasteiger partial charge >= 0.3 is 26.2 Å². The summed E-state index contributed by atoms with van der Waals surface area (Å²) in [5.74, 6) is 0. The maximum atomic E-state index is 6.83. The molecule has 25 heavy (non-hydrogen) atoms. The van der Waals surface area contributed by atoms with E-state index in [2.05, 4.69) is 43.9 Å². The Hall–Kier alpha value is 0.330. The van der Waals surface area contributed by atoms with Gasteiger partial charge in [0.15, 0.2) is 0 Å². The van der Waals surface area contributed by atoms with E-state index in [1.165, 1.54) is 0 Å². The van der Waals surface area contributed by atoms with Crippen LogP contribution < -0.4 is 5.19 Å². The molecule has 0 aromatic heterocycles. The first-order valence-corrected chi connectivity index (χ1v) is 12.8. The Morgan fingerprint density at radius 3 is 1.00 bits per heavy atom. The minimum absolute atomic E-state index is 0. The first-order chi connectivity index (χ1) is 10.9. The third kappa shape index (κ3) is 32.5. The van der Waals surface area contributed by atoms with Crippen LogP contribution in [0.2, 0.25) is 19.6 Å². The van der Waals surface area contributed by atoms with Crippen LogP contribution in [0.4, 0.5) is 0 Å². The van der Waals surface area contributed by atoms with E-state index in [1.54, 1.807) is 5.19 Å². The summed E-state index contributed by atoms with van der Waals surface area (Å²) in [4.78, 5) is 0. The van der Waals surface area contributed by atoms with E-state index in [4.69, 9.17) is 17.2 Å². The maximum Gasteiger partial charge on any atom is 4.00 e. The van der Waals surface area contributed by atoms with Crippen molar-refractivity contribution in [1.29, 1.82) is 0 Å². The fourth-order valence-electron chi connectivity index (χ4n) is 0.874. The van der Waals surface area contributed by atoms with Gasteiger partial charge in [0.2, 0.25) is 0 Å². The Morgan fingerprint density at radius 1 is 0.720 bits per heavy atom. The second-order valence-electron chi connectivity index (χ2n) is 7.35. The van der Waals surface area contributed by atoms with E-state index in [0.29, 0.717) is 0 Å². The van der Waals surface area contributed by atoms with Crippen molar-refractivity contribution in [2.75, 3.05) is 0 Å². The zero-order valence-corrected chi connectivity index (χ0v) is 21.6. The molecule has 3 N–H and O–H groups in total. The summed E-state index contributed by atoms with van der Waals surface area (Å²) in [6, 6.07) is 9.10. The summed E-state index contributed by atoms with van der Waals surface area (Å²) in [5, 5.41) is 1.56. The average Bonchev–Trinajstić information content (AvgIpc) is 3.03. The molecule has 3 unspecified atom stereocenters. The molecule has 1 rings (SSSR count). The standard InChI is InChI=1S/C8H13Si.3C4H10N.Zr/c1-9(2,3)8-6-4-5-7-8;3*1-3-4(2)5;/h4-7H,1-3H3;3*4-5H,3H2,1-2H3;/q4*-1;+4. The van der Waals surface area contributed by atoms with Crippen LogP contribution in [0.15, 0.2) is 24.3 Å². The van der Waals surface area contributed by atoms with Gasteiger partial charge in [-0.1, -0.05) is 80.4 Å². The molecule has 3 nitrogen and oxygen atoms in total. The summed E-state index contributed by atoms with van der Waals surface area (Å²) < 4.78 is 0. The van der Waals surface area contributed by atoms with Gasteiger partial charge in [0.25, 0.3) is 0 Å². The monoisotopic (exact) mass is 443 g/mol. The van der Waals surface area contributed by atoms with E-state index in [-0.39, 0.29) is 44.3 Å². The fraction of sp³-hybridized carbons (Fsp3) is 0.750. The van der Waals surface area contributed by atoms with Gasteiger partial charge in [0.05, 0.1) is 0 Å². The van der Waals surface area contributed by atoms with Crippen molar-refractivity contribution < 1.29 is 26.2 Å². The molecular formula is C20H43N3SiZr. The molecule has 0 aliphatic heterocycles. The summed E-state index contributed by atoms with van der Waals surface area (Å²) >= 11 is 0. The van der Waals surface area contributed by atoms with Crippen LogP contribution >= 0.6 is 0 Å². The smallest absolute Gasteiger partial charge is 0.675 e. The fourth-order valence-corrected chi connectivity index (χ4v) is 2.07. The van der Waals surface area contributed by atoms with Gasteiger partial charge in [-0.2, -0.15) is 17.3 Å². The molecule has 1 aromatic carbocycles. The third-order valence-corrected chi connectivity index (χ3v) is 5.43. The second-order valence-corrected chi connectivity index (χ2v) is 12.4. The van der Waals surface area contributed by atoms with Gasteiger partial charge in [0.1, 0.15) is 0 Å². The SMILES string of the molecule is CCC(C)[NH-].CCC(C)[NH-].CCC(C)[NH-].C[Si](C)(C)[c-]1cccc1.[Zr+4]. The summed E-state index contributed by atoms with van der Waals surface area (Å²) in [6.07, 6.45) is 2.92. The summed E-state index contributed by atoms with van der Waals surface area (Å²) in [6.45, 7) is 18.8. The zero-order chi connectivity index (χ0) is 19.8. The Kier molecular flexibility index (Phi) is 27.2. The van der Waals surface area contributed by atoms with Gasteiger partial charge < -0.3 is 17.2 Å². The normalized spacial score (nSPS) is 13.3. The van der Waals surface area contributed by atoms with E-state index in [9.17, 15) is 0 Å². The van der Waals surface area contributed by atoms with Crippen LogP contribution in [0.1, 0.15) is 60.8 Å². The van der Waals surface area contributed by atoms with Gasteiger partial charge in [-0.25, -0.2) is 12.1 Å². The van der Waals surface area contributed by atoms with Gasteiger partial charge in [-0.15, -0.1) is 18.1 Å². The topological polar surface area (TPSA) is 71.4 Å². The molecule has 146 valence electrons. The predicted octanol–water partition coefficient (Wildman–Crippen LogP) is 7.46. The van der Waals surface area contributed by atoms with Crippen molar-refractivity contribution in [3.8, 4) is 0 Å². The molecule has 0 aliphatic rings. The van der Waals surface area contributed by atoms with Crippen LogP contribution in [0.5, 0.6) is 0 Å². The molecule has 0 heterocycles. The Balaban J connectivity index is -0.000000122. The van der Waals surface area contributed by atoms with Crippen molar-refractivity contribution in [2.45, 2.75) is 98.6 Å². The third-order valence-electron chi connectivity index (χ3n) is 3.37. The molecule has 0 spiro atoms. The molecule has 1 aromatic rings. The van der Waals surface area contributed by atoms with E-state index in [1.807, 2.05) is 41.5 Å². The van der Waals surface area contributed by atoms with Crippen LogP contribution in [0.3, 0.4) is 0 Å². The molecule has 0 bridgehead atoms. The van der Waals surface area contributed by atoms with Crippen LogP contribution in [-0.4, -0.2) is 26.2 Å².